The quantitative estimate of drug-likeness (QED) is 0.725. The van der Waals surface area contributed by atoms with E-state index in [0.29, 0.717) is 19.8 Å². The second-order valence-electron chi connectivity index (χ2n) is 6.09. The Labute approximate surface area is 133 Å². The summed E-state index contributed by atoms with van der Waals surface area (Å²) in [6.45, 7) is 6.70. The van der Waals surface area contributed by atoms with Crippen molar-refractivity contribution in [3.63, 3.8) is 0 Å². The van der Waals surface area contributed by atoms with E-state index in [1.165, 1.54) is 6.42 Å². The summed E-state index contributed by atoms with van der Waals surface area (Å²) in [6.07, 6.45) is 4.14. The third kappa shape index (κ3) is 5.27. The lowest BCUT2D eigenvalue weighted by Gasteiger charge is -2.28. The Morgan fingerprint density at radius 2 is 1.82 bits per heavy atom. The van der Waals surface area contributed by atoms with Gasteiger partial charge in [-0.2, -0.15) is 0 Å². The molecule has 0 amide bonds. The molecule has 1 fully saturated rings. The molecule has 4 nitrogen and oxygen atoms in total. The van der Waals surface area contributed by atoms with Gasteiger partial charge in [0.25, 0.3) is 0 Å². The molecule has 0 aliphatic heterocycles. The van der Waals surface area contributed by atoms with Crippen molar-refractivity contribution in [1.29, 1.82) is 0 Å². The fourth-order valence-corrected chi connectivity index (χ4v) is 3.00. The molecule has 0 radical (unpaired) electrons. The lowest BCUT2D eigenvalue weighted by Crippen LogP contribution is -2.43. The van der Waals surface area contributed by atoms with Gasteiger partial charge in [-0.05, 0) is 37.8 Å². The van der Waals surface area contributed by atoms with E-state index < -0.39 is 0 Å². The molecule has 1 aliphatic carbocycles. The van der Waals surface area contributed by atoms with Crippen LogP contribution in [0.1, 0.15) is 36.8 Å². The first-order valence-electron chi connectivity index (χ1n) is 8.36. The summed E-state index contributed by atoms with van der Waals surface area (Å²) in [5.74, 6) is 0.967. The number of hydrogen-bond acceptors (Lipinski definition) is 4. The molecular formula is C18H29NO3. The summed E-state index contributed by atoms with van der Waals surface area (Å²) in [4.78, 5) is 0. The molecule has 0 saturated heterocycles. The van der Waals surface area contributed by atoms with Crippen molar-refractivity contribution in [3.8, 4) is 5.75 Å². The molecule has 1 aromatic carbocycles. The molecule has 2 atom stereocenters. The Kier molecular flexibility index (Phi) is 7.16. The standard InChI is InChI=1S/C18H29NO3/c1-14-6-5-7-15(2)18(14)22-13-12-21-11-10-19-16-8-3-4-9-17(16)20/h5-7,16-17,19-20H,3-4,8-13H2,1-2H3/t16-,17-/m1/s1. The van der Waals surface area contributed by atoms with Gasteiger partial charge in [0.2, 0.25) is 0 Å². The highest BCUT2D eigenvalue weighted by molar-refractivity contribution is 5.39. The minimum absolute atomic E-state index is 0.193. The van der Waals surface area contributed by atoms with Crippen molar-refractivity contribution in [2.45, 2.75) is 51.7 Å². The highest BCUT2D eigenvalue weighted by Crippen LogP contribution is 2.22. The molecular weight excluding hydrogens is 278 g/mol. The number of aliphatic hydroxyl groups is 1. The smallest absolute Gasteiger partial charge is 0.125 e. The lowest BCUT2D eigenvalue weighted by molar-refractivity contribution is 0.0732. The van der Waals surface area contributed by atoms with Crippen LogP contribution in [0.15, 0.2) is 18.2 Å². The molecule has 124 valence electrons. The highest BCUT2D eigenvalue weighted by atomic mass is 16.5. The second kappa shape index (κ2) is 9.13. The largest absolute Gasteiger partial charge is 0.491 e. The molecule has 22 heavy (non-hydrogen) atoms. The third-order valence-electron chi connectivity index (χ3n) is 4.27. The summed E-state index contributed by atoms with van der Waals surface area (Å²) < 4.78 is 11.4. The van der Waals surface area contributed by atoms with E-state index in [0.717, 1.165) is 42.7 Å². The van der Waals surface area contributed by atoms with Gasteiger partial charge in [0.15, 0.2) is 0 Å². The lowest BCUT2D eigenvalue weighted by atomic mass is 9.93. The maximum absolute atomic E-state index is 9.86. The first-order chi connectivity index (χ1) is 10.7. The normalized spacial score (nSPS) is 21.8. The van der Waals surface area contributed by atoms with Crippen molar-refractivity contribution in [2.24, 2.45) is 0 Å². The first kappa shape index (κ1) is 17.3. The van der Waals surface area contributed by atoms with Crippen molar-refractivity contribution in [2.75, 3.05) is 26.4 Å². The van der Waals surface area contributed by atoms with Crippen LogP contribution in [0.3, 0.4) is 0 Å². The fraction of sp³-hybridized carbons (Fsp3) is 0.667. The van der Waals surface area contributed by atoms with Crippen LogP contribution in [-0.4, -0.2) is 43.6 Å². The third-order valence-corrected chi connectivity index (χ3v) is 4.27. The highest BCUT2D eigenvalue weighted by Gasteiger charge is 2.21. The van der Waals surface area contributed by atoms with Gasteiger partial charge in [-0.1, -0.05) is 31.0 Å². The molecule has 0 unspecified atom stereocenters. The van der Waals surface area contributed by atoms with Crippen molar-refractivity contribution < 1.29 is 14.6 Å². The summed E-state index contributed by atoms with van der Waals surface area (Å²) in [5, 5.41) is 13.2. The van der Waals surface area contributed by atoms with Gasteiger partial charge in [0.1, 0.15) is 12.4 Å². The van der Waals surface area contributed by atoms with Crippen LogP contribution >= 0.6 is 0 Å². The molecule has 4 heteroatoms. The van der Waals surface area contributed by atoms with Crippen LogP contribution in [0.25, 0.3) is 0 Å². The summed E-state index contributed by atoms with van der Waals surface area (Å²) in [7, 11) is 0. The Balaban J connectivity index is 1.54. The van der Waals surface area contributed by atoms with Gasteiger partial charge in [-0.3, -0.25) is 0 Å². The van der Waals surface area contributed by atoms with E-state index in [1.54, 1.807) is 0 Å². The average molecular weight is 307 g/mol. The first-order valence-corrected chi connectivity index (χ1v) is 8.36. The number of hydrogen-bond donors (Lipinski definition) is 2. The molecule has 0 aromatic heterocycles. The minimum atomic E-state index is -0.193. The Morgan fingerprint density at radius 3 is 2.55 bits per heavy atom. The maximum atomic E-state index is 9.86. The molecule has 2 rings (SSSR count). The summed E-state index contributed by atoms with van der Waals surface area (Å²) >= 11 is 0. The predicted octanol–water partition coefficient (Wildman–Crippen LogP) is 2.59. The molecule has 0 bridgehead atoms. The molecule has 2 N–H and O–H groups in total. The minimum Gasteiger partial charge on any atom is -0.491 e. The van der Waals surface area contributed by atoms with E-state index in [9.17, 15) is 5.11 Å². The zero-order valence-corrected chi connectivity index (χ0v) is 13.8. The van der Waals surface area contributed by atoms with Crippen LogP contribution in [0.2, 0.25) is 0 Å². The number of ether oxygens (including phenoxy) is 2. The van der Waals surface area contributed by atoms with Gasteiger partial charge in [-0.15, -0.1) is 0 Å². The SMILES string of the molecule is Cc1cccc(C)c1OCCOCCN[C@@H]1CCCC[C@H]1O. The fourth-order valence-electron chi connectivity index (χ4n) is 3.00. The van der Waals surface area contributed by atoms with Crippen LogP contribution in [0.5, 0.6) is 5.75 Å². The summed E-state index contributed by atoms with van der Waals surface area (Å²) in [5.41, 5.74) is 2.32. The Morgan fingerprint density at radius 1 is 1.09 bits per heavy atom. The maximum Gasteiger partial charge on any atom is 0.125 e. The molecule has 0 heterocycles. The van der Waals surface area contributed by atoms with E-state index in [4.69, 9.17) is 9.47 Å². The number of nitrogens with one attached hydrogen (secondary N) is 1. The zero-order valence-electron chi connectivity index (χ0n) is 13.8. The molecule has 1 aromatic rings. The van der Waals surface area contributed by atoms with Gasteiger partial charge in [-0.25, -0.2) is 0 Å². The van der Waals surface area contributed by atoms with Crippen LogP contribution in [-0.2, 0) is 4.74 Å². The van der Waals surface area contributed by atoms with E-state index in [2.05, 4.69) is 31.3 Å². The average Bonchev–Trinajstić information content (AvgIpc) is 2.50. The molecule has 0 spiro atoms. The van der Waals surface area contributed by atoms with E-state index >= 15 is 0 Å². The predicted molar refractivity (Wildman–Crippen MR) is 88.5 cm³/mol. The van der Waals surface area contributed by atoms with Crippen LogP contribution in [0.4, 0.5) is 0 Å². The van der Waals surface area contributed by atoms with Crippen molar-refractivity contribution in [3.05, 3.63) is 29.3 Å². The van der Waals surface area contributed by atoms with Crippen molar-refractivity contribution >= 4 is 0 Å². The topological polar surface area (TPSA) is 50.7 Å². The van der Waals surface area contributed by atoms with Crippen LogP contribution in [0, 0.1) is 13.8 Å². The van der Waals surface area contributed by atoms with Gasteiger partial charge < -0.3 is 19.9 Å². The zero-order chi connectivity index (χ0) is 15.8. The Hall–Kier alpha value is -1.10. The van der Waals surface area contributed by atoms with Crippen LogP contribution < -0.4 is 10.1 Å². The number of aliphatic hydroxyl groups excluding tert-OH is 1. The van der Waals surface area contributed by atoms with E-state index in [1.807, 2.05) is 6.07 Å². The van der Waals surface area contributed by atoms with Crippen molar-refractivity contribution in [1.82, 2.24) is 5.32 Å². The summed E-state index contributed by atoms with van der Waals surface area (Å²) in [6, 6.07) is 6.40. The van der Waals surface area contributed by atoms with Gasteiger partial charge in [0.05, 0.1) is 19.3 Å². The van der Waals surface area contributed by atoms with Gasteiger partial charge in [0, 0.05) is 12.6 Å². The Bertz CT molecular complexity index is 430. The molecule has 1 saturated carbocycles. The van der Waals surface area contributed by atoms with E-state index in [-0.39, 0.29) is 12.1 Å². The monoisotopic (exact) mass is 307 g/mol. The second-order valence-corrected chi connectivity index (χ2v) is 6.09. The number of para-hydroxylation sites is 1. The number of aryl methyl sites for hydroxylation is 2. The molecule has 1 aliphatic rings. The number of benzene rings is 1. The number of rotatable bonds is 8. The van der Waals surface area contributed by atoms with Gasteiger partial charge >= 0.3 is 0 Å².